The van der Waals surface area contributed by atoms with Crippen molar-refractivity contribution in [1.82, 2.24) is 5.32 Å². The molecular weight excluding hydrogens is 263 g/mol. The Balaban J connectivity index is 2.50. The average Bonchev–Trinajstić information content (AvgIpc) is 2.36. The molecule has 0 aliphatic heterocycles. The molecule has 0 fully saturated rings. The number of halogens is 1. The van der Waals surface area contributed by atoms with Crippen LogP contribution in [0.15, 0.2) is 18.2 Å². The summed E-state index contributed by atoms with van der Waals surface area (Å²) in [6, 6.07) is 3.85. The minimum atomic E-state index is -1.36. The van der Waals surface area contributed by atoms with Gasteiger partial charge in [-0.05, 0) is 31.2 Å². The Bertz CT molecular complexity index is 489. The molecule has 0 aliphatic carbocycles. The number of hydrogen-bond donors (Lipinski definition) is 3. The fraction of sp³-hybridized carbons (Fsp3) is 0.429. The van der Waals surface area contributed by atoms with Gasteiger partial charge in [-0.1, -0.05) is 13.8 Å². The van der Waals surface area contributed by atoms with Crippen molar-refractivity contribution in [3.8, 4) is 0 Å². The van der Waals surface area contributed by atoms with Gasteiger partial charge in [-0.15, -0.1) is 0 Å². The van der Waals surface area contributed by atoms with Crippen LogP contribution in [0.3, 0.4) is 0 Å². The SMILES string of the molecule is CC(C)NCCCC(=O)Nc1ccc(F)c(C(=O)O)c1. The number of amides is 1. The molecule has 0 aliphatic rings. The van der Waals surface area contributed by atoms with Gasteiger partial charge < -0.3 is 15.7 Å². The van der Waals surface area contributed by atoms with Crippen molar-refractivity contribution in [2.45, 2.75) is 32.7 Å². The van der Waals surface area contributed by atoms with Gasteiger partial charge in [0, 0.05) is 18.2 Å². The Morgan fingerprint density at radius 1 is 1.35 bits per heavy atom. The van der Waals surface area contributed by atoms with Gasteiger partial charge in [0.2, 0.25) is 5.91 Å². The van der Waals surface area contributed by atoms with Crippen molar-refractivity contribution < 1.29 is 19.1 Å². The number of carboxylic acid groups (broad SMARTS) is 1. The van der Waals surface area contributed by atoms with E-state index in [1.165, 1.54) is 6.07 Å². The first-order chi connectivity index (χ1) is 9.40. The van der Waals surface area contributed by atoms with Crippen LogP contribution in [0.1, 0.15) is 37.0 Å². The molecule has 0 spiro atoms. The first kappa shape index (κ1) is 16.1. The maximum Gasteiger partial charge on any atom is 0.338 e. The van der Waals surface area contributed by atoms with E-state index >= 15 is 0 Å². The van der Waals surface area contributed by atoms with Gasteiger partial charge in [0.25, 0.3) is 0 Å². The summed E-state index contributed by atoms with van der Waals surface area (Å²) in [5, 5.41) is 14.5. The minimum absolute atomic E-state index is 0.224. The van der Waals surface area contributed by atoms with E-state index in [9.17, 15) is 14.0 Å². The van der Waals surface area contributed by atoms with E-state index in [1.54, 1.807) is 0 Å². The van der Waals surface area contributed by atoms with Crippen LogP contribution in [0.2, 0.25) is 0 Å². The van der Waals surface area contributed by atoms with Crippen molar-refractivity contribution in [3.63, 3.8) is 0 Å². The number of anilines is 1. The third-order valence-corrected chi connectivity index (χ3v) is 2.61. The quantitative estimate of drug-likeness (QED) is 0.670. The monoisotopic (exact) mass is 282 g/mol. The summed E-state index contributed by atoms with van der Waals surface area (Å²) in [7, 11) is 0. The van der Waals surface area contributed by atoms with Gasteiger partial charge in [0.1, 0.15) is 5.82 Å². The lowest BCUT2D eigenvalue weighted by atomic mass is 10.2. The molecule has 0 saturated heterocycles. The Kier molecular flexibility index (Phi) is 6.11. The predicted octanol–water partition coefficient (Wildman–Crippen LogP) is 2.24. The van der Waals surface area contributed by atoms with Gasteiger partial charge in [-0.25, -0.2) is 9.18 Å². The van der Waals surface area contributed by atoms with Gasteiger partial charge in [-0.2, -0.15) is 0 Å². The number of hydrogen-bond acceptors (Lipinski definition) is 3. The molecule has 0 heterocycles. The van der Waals surface area contributed by atoms with E-state index in [2.05, 4.69) is 10.6 Å². The maximum atomic E-state index is 13.2. The first-order valence-electron chi connectivity index (χ1n) is 6.46. The molecule has 3 N–H and O–H groups in total. The zero-order valence-corrected chi connectivity index (χ0v) is 11.6. The molecular formula is C14H19FN2O3. The summed E-state index contributed by atoms with van der Waals surface area (Å²) in [4.78, 5) is 22.4. The molecule has 0 atom stereocenters. The summed E-state index contributed by atoms with van der Waals surface area (Å²) in [6.07, 6.45) is 0.997. The van der Waals surface area contributed by atoms with Gasteiger partial charge in [0.15, 0.2) is 0 Å². The van der Waals surface area contributed by atoms with E-state index in [0.717, 1.165) is 18.7 Å². The molecule has 1 rings (SSSR count). The molecule has 0 unspecified atom stereocenters. The number of carbonyl (C=O) groups is 2. The second kappa shape index (κ2) is 7.59. The highest BCUT2D eigenvalue weighted by Crippen LogP contribution is 2.15. The fourth-order valence-electron chi connectivity index (χ4n) is 1.63. The molecule has 1 aromatic carbocycles. The lowest BCUT2D eigenvalue weighted by molar-refractivity contribution is -0.116. The molecule has 110 valence electrons. The van der Waals surface area contributed by atoms with Crippen LogP contribution < -0.4 is 10.6 Å². The van der Waals surface area contributed by atoms with Crippen LogP contribution in [0, 0.1) is 5.82 Å². The van der Waals surface area contributed by atoms with Crippen LogP contribution in [-0.2, 0) is 4.79 Å². The number of carbonyl (C=O) groups excluding carboxylic acids is 1. The van der Waals surface area contributed by atoms with Crippen molar-refractivity contribution in [2.75, 3.05) is 11.9 Å². The Morgan fingerprint density at radius 3 is 2.65 bits per heavy atom. The molecule has 5 nitrogen and oxygen atoms in total. The summed E-state index contributed by atoms with van der Waals surface area (Å²) in [5.41, 5.74) is -0.171. The normalized spacial score (nSPS) is 10.6. The zero-order valence-electron chi connectivity index (χ0n) is 11.6. The number of nitrogens with one attached hydrogen (secondary N) is 2. The molecule has 0 bridgehead atoms. The van der Waals surface area contributed by atoms with E-state index in [-0.39, 0.29) is 11.6 Å². The lowest BCUT2D eigenvalue weighted by Crippen LogP contribution is -2.24. The lowest BCUT2D eigenvalue weighted by Gasteiger charge is -2.09. The van der Waals surface area contributed by atoms with Crippen LogP contribution in [0.5, 0.6) is 0 Å². The third kappa shape index (κ3) is 5.36. The van der Waals surface area contributed by atoms with E-state index in [1.807, 2.05) is 13.8 Å². The standard InChI is InChI=1S/C14H19FN2O3/c1-9(2)16-7-3-4-13(18)17-10-5-6-12(15)11(8-10)14(19)20/h5-6,8-9,16H,3-4,7H2,1-2H3,(H,17,18)(H,19,20). The van der Waals surface area contributed by atoms with Gasteiger partial charge >= 0.3 is 5.97 Å². The van der Waals surface area contributed by atoms with Crippen molar-refractivity contribution in [1.29, 1.82) is 0 Å². The van der Waals surface area contributed by atoms with Gasteiger partial charge in [0.05, 0.1) is 5.56 Å². The third-order valence-electron chi connectivity index (χ3n) is 2.61. The molecule has 0 aromatic heterocycles. The van der Waals surface area contributed by atoms with E-state index < -0.39 is 17.3 Å². The number of carboxylic acids is 1. The highest BCUT2D eigenvalue weighted by molar-refractivity contribution is 5.94. The molecule has 0 radical (unpaired) electrons. The second-order valence-corrected chi connectivity index (χ2v) is 4.76. The van der Waals surface area contributed by atoms with E-state index in [0.29, 0.717) is 18.9 Å². The highest BCUT2D eigenvalue weighted by Gasteiger charge is 2.11. The minimum Gasteiger partial charge on any atom is -0.478 e. The maximum absolute atomic E-state index is 13.2. The van der Waals surface area contributed by atoms with Crippen molar-refractivity contribution in [2.24, 2.45) is 0 Å². The van der Waals surface area contributed by atoms with Crippen molar-refractivity contribution in [3.05, 3.63) is 29.6 Å². The summed E-state index contributed by atoms with van der Waals surface area (Å²) >= 11 is 0. The van der Waals surface area contributed by atoms with Gasteiger partial charge in [-0.3, -0.25) is 4.79 Å². The summed E-state index contributed by atoms with van der Waals surface area (Å²) in [5.74, 6) is -2.41. The van der Waals surface area contributed by atoms with Crippen LogP contribution in [-0.4, -0.2) is 29.6 Å². The Hall–Kier alpha value is -1.95. The second-order valence-electron chi connectivity index (χ2n) is 4.76. The number of benzene rings is 1. The Labute approximate surface area is 117 Å². The Morgan fingerprint density at radius 2 is 2.05 bits per heavy atom. The molecule has 0 saturated carbocycles. The molecule has 1 aromatic rings. The highest BCUT2D eigenvalue weighted by atomic mass is 19.1. The average molecular weight is 282 g/mol. The number of aromatic carboxylic acids is 1. The molecule has 20 heavy (non-hydrogen) atoms. The van der Waals surface area contributed by atoms with Crippen molar-refractivity contribution >= 4 is 17.6 Å². The zero-order chi connectivity index (χ0) is 15.1. The largest absolute Gasteiger partial charge is 0.478 e. The fourth-order valence-corrected chi connectivity index (χ4v) is 1.63. The smallest absolute Gasteiger partial charge is 0.338 e. The molecule has 1 amide bonds. The van der Waals surface area contributed by atoms with Crippen LogP contribution in [0.4, 0.5) is 10.1 Å². The predicted molar refractivity (Wildman–Crippen MR) is 74.4 cm³/mol. The van der Waals surface area contributed by atoms with Crippen LogP contribution in [0.25, 0.3) is 0 Å². The summed E-state index contributed by atoms with van der Waals surface area (Å²) in [6.45, 7) is 4.77. The van der Waals surface area contributed by atoms with Crippen LogP contribution >= 0.6 is 0 Å². The topological polar surface area (TPSA) is 78.4 Å². The van der Waals surface area contributed by atoms with E-state index in [4.69, 9.17) is 5.11 Å². The molecule has 6 heteroatoms. The summed E-state index contributed by atoms with van der Waals surface area (Å²) < 4.78 is 13.2. The first-order valence-corrected chi connectivity index (χ1v) is 6.46. The number of rotatable bonds is 7.